The van der Waals surface area contributed by atoms with Crippen LogP contribution in [0, 0.1) is 6.92 Å². The molecule has 2 amide bonds. The van der Waals surface area contributed by atoms with Crippen molar-refractivity contribution < 1.29 is 14.1 Å². The Morgan fingerprint density at radius 1 is 1.12 bits per heavy atom. The van der Waals surface area contributed by atoms with Gasteiger partial charge < -0.3 is 19.3 Å². The van der Waals surface area contributed by atoms with Crippen molar-refractivity contribution in [1.82, 2.24) is 24.9 Å². The molecule has 2 aromatic heterocycles. The largest absolute Gasteiger partial charge is 0.350 e. The van der Waals surface area contributed by atoms with Gasteiger partial charge in [-0.1, -0.05) is 35.5 Å². The van der Waals surface area contributed by atoms with E-state index in [1.807, 2.05) is 19.2 Å². The number of nitrogens with one attached hydrogen (secondary N) is 1. The van der Waals surface area contributed by atoms with Gasteiger partial charge in [0.05, 0.1) is 6.54 Å². The van der Waals surface area contributed by atoms with Crippen LogP contribution in [0.5, 0.6) is 0 Å². The first-order valence-corrected chi connectivity index (χ1v) is 11.5. The molecule has 1 saturated heterocycles. The lowest BCUT2D eigenvalue weighted by Crippen LogP contribution is -2.43. The molecule has 8 nitrogen and oxygen atoms in total. The van der Waals surface area contributed by atoms with Crippen LogP contribution >= 0.6 is 0 Å². The number of piperidine rings is 1. The summed E-state index contributed by atoms with van der Waals surface area (Å²) in [4.78, 5) is 31.2. The average Bonchev–Trinajstić information content (AvgIpc) is 3.47. The van der Waals surface area contributed by atoms with Crippen LogP contribution < -0.4 is 5.32 Å². The highest BCUT2D eigenvalue weighted by atomic mass is 16.5. The maximum atomic E-state index is 12.6. The Morgan fingerprint density at radius 3 is 2.65 bits per heavy atom. The predicted octanol–water partition coefficient (Wildman–Crippen LogP) is 3.67. The van der Waals surface area contributed by atoms with Gasteiger partial charge in [-0.25, -0.2) is 0 Å². The van der Waals surface area contributed by atoms with E-state index < -0.39 is 0 Å². The number of nitrogens with zero attached hydrogens (tertiary/aromatic N) is 4. The summed E-state index contributed by atoms with van der Waals surface area (Å²) < 4.78 is 7.70. The van der Waals surface area contributed by atoms with Gasteiger partial charge in [0.25, 0.3) is 5.91 Å². The Labute approximate surface area is 197 Å². The molecule has 1 aliphatic heterocycles. The molecule has 4 aromatic rings. The van der Waals surface area contributed by atoms with E-state index in [1.165, 1.54) is 10.9 Å². The van der Waals surface area contributed by atoms with Gasteiger partial charge in [0.2, 0.25) is 17.6 Å². The summed E-state index contributed by atoms with van der Waals surface area (Å²) in [6, 6.07) is 15.1. The van der Waals surface area contributed by atoms with Crippen LogP contribution in [0.4, 0.5) is 0 Å². The van der Waals surface area contributed by atoms with Crippen LogP contribution in [0.25, 0.3) is 22.3 Å². The van der Waals surface area contributed by atoms with Gasteiger partial charge in [-0.05, 0) is 43.5 Å². The molecule has 0 bridgehead atoms. The minimum Gasteiger partial charge on any atom is -0.350 e. The summed E-state index contributed by atoms with van der Waals surface area (Å²) in [7, 11) is 2.03. The predicted molar refractivity (Wildman–Crippen MR) is 128 cm³/mol. The fourth-order valence-corrected chi connectivity index (χ4v) is 4.58. The first-order chi connectivity index (χ1) is 16.5. The van der Waals surface area contributed by atoms with E-state index in [1.54, 1.807) is 29.2 Å². The molecule has 1 N–H and O–H groups in total. The molecule has 0 radical (unpaired) electrons. The summed E-state index contributed by atoms with van der Waals surface area (Å²) >= 11 is 0. The zero-order valence-electron chi connectivity index (χ0n) is 19.3. The number of carbonyl (C=O) groups is 2. The molecule has 5 rings (SSSR count). The second-order valence-corrected chi connectivity index (χ2v) is 8.81. The maximum absolute atomic E-state index is 12.6. The van der Waals surface area contributed by atoms with Crippen molar-refractivity contribution in [2.24, 2.45) is 7.05 Å². The molecule has 34 heavy (non-hydrogen) atoms. The highest BCUT2D eigenvalue weighted by Crippen LogP contribution is 2.30. The van der Waals surface area contributed by atoms with E-state index in [9.17, 15) is 9.59 Å². The number of carbonyl (C=O) groups excluding carboxylic acids is 2. The number of benzene rings is 2. The molecule has 0 aliphatic carbocycles. The molecule has 1 fully saturated rings. The third-order valence-corrected chi connectivity index (χ3v) is 6.52. The number of hydrogen-bond acceptors (Lipinski definition) is 5. The third-order valence-electron chi connectivity index (χ3n) is 6.52. The standard InChI is InChI=1S/C26H27N5O3/c1-17-16-30(2)22-14-20(8-9-21(17)22)24-28-26(34-29-24)19-10-12-31(13-11-19)23(32)15-27-25(33)18-6-4-3-5-7-18/h3-9,14,16,19H,10-13,15H2,1-2H3,(H,27,33). The molecular formula is C26H27N5O3. The highest BCUT2D eigenvalue weighted by molar-refractivity contribution is 5.96. The number of amides is 2. The maximum Gasteiger partial charge on any atom is 0.251 e. The van der Waals surface area contributed by atoms with Crippen LogP contribution in [0.3, 0.4) is 0 Å². The first-order valence-electron chi connectivity index (χ1n) is 11.5. The molecule has 3 heterocycles. The lowest BCUT2D eigenvalue weighted by atomic mass is 9.96. The van der Waals surface area contributed by atoms with E-state index in [-0.39, 0.29) is 24.3 Å². The molecular weight excluding hydrogens is 430 g/mol. The average molecular weight is 458 g/mol. The molecule has 2 aromatic carbocycles. The van der Waals surface area contributed by atoms with Gasteiger partial charge in [0, 0.05) is 54.3 Å². The van der Waals surface area contributed by atoms with Crippen LogP contribution in [-0.4, -0.2) is 51.1 Å². The van der Waals surface area contributed by atoms with E-state index in [2.05, 4.69) is 45.3 Å². The van der Waals surface area contributed by atoms with Crippen LogP contribution in [0.2, 0.25) is 0 Å². The second kappa shape index (κ2) is 9.13. The molecule has 0 saturated carbocycles. The zero-order valence-corrected chi connectivity index (χ0v) is 19.3. The van der Waals surface area contributed by atoms with Gasteiger partial charge >= 0.3 is 0 Å². The Morgan fingerprint density at radius 2 is 1.88 bits per heavy atom. The Hall–Kier alpha value is -3.94. The zero-order chi connectivity index (χ0) is 23.7. The van der Waals surface area contributed by atoms with Gasteiger partial charge in [0.1, 0.15) is 0 Å². The topological polar surface area (TPSA) is 93.3 Å². The number of aryl methyl sites for hydroxylation is 2. The molecule has 0 unspecified atom stereocenters. The SMILES string of the molecule is Cc1cn(C)c2cc(-c3noc(C4CCN(C(=O)CNC(=O)c5ccccc5)CC4)n3)ccc12. The minimum absolute atomic E-state index is 0.00972. The molecule has 8 heteroatoms. The Kier molecular flexibility index (Phi) is 5.88. The number of aromatic nitrogens is 3. The van der Waals surface area contributed by atoms with E-state index in [0.29, 0.717) is 30.4 Å². The highest BCUT2D eigenvalue weighted by Gasteiger charge is 2.28. The molecule has 0 spiro atoms. The van der Waals surface area contributed by atoms with Gasteiger partial charge in [-0.2, -0.15) is 4.98 Å². The summed E-state index contributed by atoms with van der Waals surface area (Å²) in [5.41, 5.74) is 3.83. The molecule has 0 atom stereocenters. The van der Waals surface area contributed by atoms with Crippen molar-refractivity contribution in [2.75, 3.05) is 19.6 Å². The smallest absolute Gasteiger partial charge is 0.251 e. The van der Waals surface area contributed by atoms with Crippen molar-refractivity contribution in [3.8, 4) is 11.4 Å². The van der Waals surface area contributed by atoms with Crippen molar-refractivity contribution in [3.63, 3.8) is 0 Å². The van der Waals surface area contributed by atoms with E-state index in [4.69, 9.17) is 4.52 Å². The first kappa shape index (κ1) is 21.9. The number of hydrogen-bond donors (Lipinski definition) is 1. The van der Waals surface area contributed by atoms with E-state index >= 15 is 0 Å². The van der Waals surface area contributed by atoms with Crippen molar-refractivity contribution in [2.45, 2.75) is 25.7 Å². The third kappa shape index (κ3) is 4.31. The number of fused-ring (bicyclic) bond motifs is 1. The van der Waals surface area contributed by atoms with Crippen LogP contribution in [0.1, 0.15) is 40.6 Å². The van der Waals surface area contributed by atoms with Gasteiger partial charge in [0.15, 0.2) is 0 Å². The number of likely N-dealkylation sites (tertiary alicyclic amines) is 1. The van der Waals surface area contributed by atoms with Gasteiger partial charge in [-0.15, -0.1) is 0 Å². The molecule has 174 valence electrons. The normalized spacial score (nSPS) is 14.5. The molecule has 1 aliphatic rings. The van der Waals surface area contributed by atoms with Crippen molar-refractivity contribution >= 4 is 22.7 Å². The van der Waals surface area contributed by atoms with Gasteiger partial charge in [-0.3, -0.25) is 9.59 Å². The fourth-order valence-electron chi connectivity index (χ4n) is 4.58. The van der Waals surface area contributed by atoms with E-state index in [0.717, 1.165) is 23.9 Å². The van der Waals surface area contributed by atoms with Crippen LogP contribution in [0.15, 0.2) is 59.3 Å². The minimum atomic E-state index is -0.245. The fraction of sp³-hybridized carbons (Fsp3) is 0.308. The lowest BCUT2D eigenvalue weighted by Gasteiger charge is -2.30. The Bertz CT molecular complexity index is 1330. The summed E-state index contributed by atoms with van der Waals surface area (Å²) in [5.74, 6) is 0.983. The van der Waals surface area contributed by atoms with Crippen molar-refractivity contribution in [1.29, 1.82) is 0 Å². The van der Waals surface area contributed by atoms with Crippen LogP contribution in [-0.2, 0) is 11.8 Å². The Balaban J connectivity index is 1.17. The summed E-state index contributed by atoms with van der Waals surface area (Å²) in [6.07, 6.45) is 3.60. The second-order valence-electron chi connectivity index (χ2n) is 8.81. The quantitative estimate of drug-likeness (QED) is 0.494. The summed E-state index contributed by atoms with van der Waals surface area (Å²) in [6.45, 7) is 3.28. The van der Waals surface area contributed by atoms with Crippen molar-refractivity contribution in [3.05, 3.63) is 71.7 Å². The number of rotatable bonds is 5. The summed E-state index contributed by atoms with van der Waals surface area (Å²) in [5, 5.41) is 8.13. The lowest BCUT2D eigenvalue weighted by molar-refractivity contribution is -0.131. The monoisotopic (exact) mass is 457 g/mol.